The van der Waals surface area contributed by atoms with E-state index in [0.717, 1.165) is 0 Å². The van der Waals surface area contributed by atoms with Crippen LogP contribution in [-0.2, 0) is 6.61 Å². The molecule has 0 atom stereocenters. The molecule has 30 heavy (non-hydrogen) atoms. The first-order valence-electron chi connectivity index (χ1n) is 8.99. The normalized spacial score (nSPS) is 10.9. The maximum Gasteiger partial charge on any atom is 0.168 e. The van der Waals surface area contributed by atoms with E-state index >= 15 is 0 Å². The number of halogens is 1. The number of carbonyl (C=O) groups excluding carboxylic acids is 1. The van der Waals surface area contributed by atoms with Crippen LogP contribution in [0.25, 0.3) is 11.6 Å². The first-order valence-corrected chi connectivity index (χ1v) is 8.99. The molecule has 0 heterocycles. The highest BCUT2D eigenvalue weighted by Gasteiger charge is 2.12. The lowest BCUT2D eigenvalue weighted by atomic mass is 10.0. The van der Waals surface area contributed by atoms with Gasteiger partial charge in [0.05, 0.1) is 24.7 Å². The molecule has 0 saturated carbocycles. The number of carboxylic acids is 1. The van der Waals surface area contributed by atoms with Crippen LogP contribution in [0.1, 0.15) is 27.0 Å². The van der Waals surface area contributed by atoms with Gasteiger partial charge in [0.15, 0.2) is 11.5 Å². The number of benzene rings is 3. The van der Waals surface area contributed by atoms with E-state index in [1.807, 2.05) is 0 Å². The predicted molar refractivity (Wildman–Crippen MR) is 108 cm³/mol. The highest BCUT2D eigenvalue weighted by atomic mass is 19.1. The van der Waals surface area contributed by atoms with Crippen molar-refractivity contribution in [2.24, 2.45) is 0 Å². The zero-order valence-corrected chi connectivity index (χ0v) is 16.1. The summed E-state index contributed by atoms with van der Waals surface area (Å²) < 4.78 is 24.5. The van der Waals surface area contributed by atoms with Crippen molar-refractivity contribution in [3.05, 3.63) is 94.8 Å². The van der Waals surface area contributed by atoms with Gasteiger partial charge < -0.3 is 19.4 Å². The van der Waals surface area contributed by atoms with Crippen LogP contribution >= 0.6 is 0 Å². The molecule has 0 aliphatic carbocycles. The Balaban J connectivity index is 1.95. The monoisotopic (exact) mass is 402 g/mol. The van der Waals surface area contributed by atoms with Gasteiger partial charge in [-0.2, -0.15) is 5.26 Å². The molecule has 0 aliphatic rings. The van der Waals surface area contributed by atoms with Crippen molar-refractivity contribution < 1.29 is 23.8 Å². The van der Waals surface area contributed by atoms with Gasteiger partial charge >= 0.3 is 0 Å². The van der Waals surface area contributed by atoms with E-state index < -0.39 is 5.97 Å². The molecule has 0 spiro atoms. The summed E-state index contributed by atoms with van der Waals surface area (Å²) in [5, 5.41) is 20.6. The fourth-order valence-corrected chi connectivity index (χ4v) is 2.87. The SMILES string of the molecule is COc1cccc(/C=C(/C#N)c2ccc(F)cc2)c1OCc1cccc(C(=O)[O-])c1. The Morgan fingerprint density at radius 2 is 1.83 bits per heavy atom. The number of ether oxygens (including phenoxy) is 2. The van der Waals surface area contributed by atoms with Gasteiger partial charge in [-0.3, -0.25) is 0 Å². The number of allylic oxidation sites excluding steroid dienone is 1. The Hall–Kier alpha value is -4.11. The molecule has 0 aliphatic heterocycles. The van der Waals surface area contributed by atoms with E-state index in [9.17, 15) is 19.6 Å². The Bertz CT molecular complexity index is 1130. The number of carbonyl (C=O) groups is 1. The van der Waals surface area contributed by atoms with E-state index in [4.69, 9.17) is 9.47 Å². The van der Waals surface area contributed by atoms with Gasteiger partial charge in [-0.25, -0.2) is 4.39 Å². The van der Waals surface area contributed by atoms with Crippen molar-refractivity contribution in [3.8, 4) is 17.6 Å². The Morgan fingerprint density at radius 3 is 2.50 bits per heavy atom. The molecule has 3 aromatic rings. The van der Waals surface area contributed by atoms with Gasteiger partial charge in [-0.1, -0.05) is 42.5 Å². The molecule has 3 rings (SSSR count). The van der Waals surface area contributed by atoms with Gasteiger partial charge in [0, 0.05) is 5.56 Å². The smallest absolute Gasteiger partial charge is 0.168 e. The van der Waals surface area contributed by atoms with Crippen LogP contribution < -0.4 is 14.6 Å². The van der Waals surface area contributed by atoms with Crippen molar-refractivity contribution in [1.29, 1.82) is 5.26 Å². The summed E-state index contributed by atoms with van der Waals surface area (Å²) in [5.41, 5.74) is 2.17. The van der Waals surface area contributed by atoms with E-state index in [1.165, 1.54) is 43.5 Å². The maximum atomic E-state index is 13.2. The van der Waals surface area contributed by atoms with E-state index in [1.54, 1.807) is 36.4 Å². The molecular weight excluding hydrogens is 385 g/mol. The summed E-state index contributed by atoms with van der Waals surface area (Å²) in [6.07, 6.45) is 1.63. The molecule has 0 N–H and O–H groups in total. The average Bonchev–Trinajstić information content (AvgIpc) is 2.77. The second-order valence-corrected chi connectivity index (χ2v) is 6.33. The Morgan fingerprint density at radius 1 is 1.10 bits per heavy atom. The molecule has 0 unspecified atom stereocenters. The highest BCUT2D eigenvalue weighted by Crippen LogP contribution is 2.34. The molecule has 5 nitrogen and oxygen atoms in total. The minimum Gasteiger partial charge on any atom is -0.545 e. The van der Waals surface area contributed by atoms with Crippen molar-refractivity contribution in [3.63, 3.8) is 0 Å². The molecule has 150 valence electrons. The Labute approximate surface area is 173 Å². The molecular formula is C24H17FNO4-. The number of nitriles is 1. The van der Waals surface area contributed by atoms with Crippen LogP contribution in [0.3, 0.4) is 0 Å². The summed E-state index contributed by atoms with van der Waals surface area (Å²) in [6, 6.07) is 19.2. The molecule has 0 amide bonds. The van der Waals surface area contributed by atoms with Crippen LogP contribution in [0.5, 0.6) is 11.5 Å². The van der Waals surface area contributed by atoms with E-state index in [-0.39, 0.29) is 18.0 Å². The van der Waals surface area contributed by atoms with Gasteiger partial charge in [-0.05, 0) is 47.0 Å². The van der Waals surface area contributed by atoms with Gasteiger partial charge in [-0.15, -0.1) is 0 Å². The van der Waals surface area contributed by atoms with Crippen molar-refractivity contribution in [1.82, 2.24) is 0 Å². The highest BCUT2D eigenvalue weighted by molar-refractivity contribution is 5.91. The number of methoxy groups -OCH3 is 1. The van der Waals surface area contributed by atoms with Gasteiger partial charge in [0.1, 0.15) is 12.4 Å². The number of para-hydroxylation sites is 1. The maximum absolute atomic E-state index is 13.2. The van der Waals surface area contributed by atoms with Crippen LogP contribution in [0.15, 0.2) is 66.7 Å². The van der Waals surface area contributed by atoms with Crippen LogP contribution in [0.4, 0.5) is 4.39 Å². The lowest BCUT2D eigenvalue weighted by molar-refractivity contribution is -0.255. The van der Waals surface area contributed by atoms with Gasteiger partial charge in [0.25, 0.3) is 0 Å². The summed E-state index contributed by atoms with van der Waals surface area (Å²) in [5.74, 6) is -0.805. The van der Waals surface area contributed by atoms with Crippen molar-refractivity contribution in [2.75, 3.05) is 7.11 Å². The lowest BCUT2D eigenvalue weighted by Crippen LogP contribution is -2.22. The third-order valence-corrected chi connectivity index (χ3v) is 4.35. The number of aromatic carboxylic acids is 1. The third kappa shape index (κ3) is 4.83. The predicted octanol–water partition coefficient (Wildman–Crippen LogP) is 3.84. The molecule has 6 heteroatoms. The summed E-state index contributed by atoms with van der Waals surface area (Å²) >= 11 is 0. The quantitative estimate of drug-likeness (QED) is 0.443. The second-order valence-electron chi connectivity index (χ2n) is 6.33. The minimum absolute atomic E-state index is 0.0549. The zero-order valence-electron chi connectivity index (χ0n) is 16.1. The standard InChI is InChI=1S/C24H18FNO4/c1-29-22-7-3-5-18(13-20(14-26)17-8-10-21(25)11-9-17)23(22)30-15-16-4-2-6-19(12-16)24(27)28/h2-13H,15H2,1H3,(H,27,28)/p-1/b20-13-. The molecule has 0 radical (unpaired) electrons. The zero-order chi connectivity index (χ0) is 21.5. The van der Waals surface area contributed by atoms with E-state index in [2.05, 4.69) is 6.07 Å². The van der Waals surface area contributed by atoms with Gasteiger partial charge in [0.2, 0.25) is 0 Å². The molecule has 0 saturated heterocycles. The first-order chi connectivity index (χ1) is 14.5. The van der Waals surface area contributed by atoms with Crippen molar-refractivity contribution >= 4 is 17.6 Å². The fraction of sp³-hybridized carbons (Fsp3) is 0.0833. The number of hydrogen-bond donors (Lipinski definition) is 0. The number of hydrogen-bond acceptors (Lipinski definition) is 5. The second kappa shape index (κ2) is 9.39. The first kappa shape index (κ1) is 20.6. The lowest BCUT2D eigenvalue weighted by Gasteiger charge is -2.14. The summed E-state index contributed by atoms with van der Waals surface area (Å²) in [6.45, 7) is 0.0841. The minimum atomic E-state index is -1.27. The molecule has 0 aromatic heterocycles. The summed E-state index contributed by atoms with van der Waals surface area (Å²) in [4.78, 5) is 11.1. The fourth-order valence-electron chi connectivity index (χ4n) is 2.87. The van der Waals surface area contributed by atoms with Crippen LogP contribution in [0, 0.1) is 17.1 Å². The Kier molecular flexibility index (Phi) is 6.46. The largest absolute Gasteiger partial charge is 0.545 e. The molecule has 3 aromatic carbocycles. The van der Waals surface area contributed by atoms with Crippen molar-refractivity contribution in [2.45, 2.75) is 6.61 Å². The topological polar surface area (TPSA) is 82.4 Å². The van der Waals surface area contributed by atoms with Crippen LogP contribution in [-0.4, -0.2) is 13.1 Å². The number of rotatable bonds is 7. The number of nitrogens with zero attached hydrogens (tertiary/aromatic N) is 1. The summed E-state index contributed by atoms with van der Waals surface area (Å²) in [7, 11) is 1.50. The molecule has 0 fully saturated rings. The number of carboxylic acid groups (broad SMARTS) is 1. The van der Waals surface area contributed by atoms with Crippen LogP contribution in [0.2, 0.25) is 0 Å². The van der Waals surface area contributed by atoms with E-state index in [0.29, 0.717) is 33.8 Å². The molecule has 0 bridgehead atoms. The third-order valence-electron chi connectivity index (χ3n) is 4.35. The average molecular weight is 402 g/mol.